The highest BCUT2D eigenvalue weighted by Crippen LogP contribution is 2.24. The van der Waals surface area contributed by atoms with Crippen molar-refractivity contribution in [1.82, 2.24) is 0 Å². The van der Waals surface area contributed by atoms with Gasteiger partial charge in [-0.25, -0.2) is 0 Å². The van der Waals surface area contributed by atoms with Crippen LogP contribution >= 0.6 is 11.6 Å². The topological polar surface area (TPSA) is 66.5 Å². The van der Waals surface area contributed by atoms with Crippen molar-refractivity contribution >= 4 is 40.6 Å². The molecule has 6 heteroatoms. The SMILES string of the molecule is CC(=O)c1ccc(NC(=O)CCN(C(C)=O)c2ccc(Cl)cc2C)cc1. The number of Topliss-reactive ketones (excluding diaryl/α,β-unsaturated/α-hetero) is 1. The quantitative estimate of drug-likeness (QED) is 0.771. The zero-order valence-electron chi connectivity index (χ0n) is 15.0. The first-order valence-electron chi connectivity index (χ1n) is 8.23. The summed E-state index contributed by atoms with van der Waals surface area (Å²) in [6, 6.07) is 12.0. The van der Waals surface area contributed by atoms with Gasteiger partial charge >= 0.3 is 0 Å². The molecule has 0 bridgehead atoms. The van der Waals surface area contributed by atoms with Crippen LogP contribution < -0.4 is 10.2 Å². The van der Waals surface area contributed by atoms with Gasteiger partial charge in [0.2, 0.25) is 11.8 Å². The number of halogens is 1. The zero-order valence-corrected chi connectivity index (χ0v) is 15.8. The number of nitrogens with zero attached hydrogens (tertiary/aromatic N) is 1. The molecule has 2 aromatic rings. The minimum absolute atomic E-state index is 0.0293. The lowest BCUT2D eigenvalue weighted by Gasteiger charge is -2.23. The molecule has 2 amide bonds. The maximum atomic E-state index is 12.2. The lowest BCUT2D eigenvalue weighted by molar-refractivity contribution is -0.117. The van der Waals surface area contributed by atoms with Crippen LogP contribution in [0.25, 0.3) is 0 Å². The molecule has 2 aromatic carbocycles. The largest absolute Gasteiger partial charge is 0.326 e. The minimum Gasteiger partial charge on any atom is -0.326 e. The number of hydrogen-bond donors (Lipinski definition) is 1. The van der Waals surface area contributed by atoms with Crippen molar-refractivity contribution < 1.29 is 14.4 Å². The number of carbonyl (C=O) groups excluding carboxylic acids is 3. The number of aryl methyl sites for hydroxylation is 1. The third-order valence-electron chi connectivity index (χ3n) is 3.97. The average molecular weight is 373 g/mol. The second-order valence-electron chi connectivity index (χ2n) is 6.03. The van der Waals surface area contributed by atoms with Crippen LogP contribution in [0.15, 0.2) is 42.5 Å². The number of ketones is 1. The molecule has 0 unspecified atom stereocenters. The van der Waals surface area contributed by atoms with Gasteiger partial charge in [-0.15, -0.1) is 0 Å². The second kappa shape index (κ2) is 8.63. The Kier molecular flexibility index (Phi) is 6.52. The highest BCUT2D eigenvalue weighted by molar-refractivity contribution is 6.30. The van der Waals surface area contributed by atoms with Crippen molar-refractivity contribution in [2.45, 2.75) is 27.2 Å². The van der Waals surface area contributed by atoms with Gasteiger partial charge in [0.05, 0.1) is 0 Å². The van der Waals surface area contributed by atoms with Gasteiger partial charge in [-0.2, -0.15) is 0 Å². The van der Waals surface area contributed by atoms with Crippen molar-refractivity contribution in [3.8, 4) is 0 Å². The fourth-order valence-corrected chi connectivity index (χ4v) is 2.82. The molecule has 0 aliphatic carbocycles. The Labute approximate surface area is 158 Å². The Morgan fingerprint density at radius 1 is 1.04 bits per heavy atom. The summed E-state index contributed by atoms with van der Waals surface area (Å²) in [5, 5.41) is 3.37. The Morgan fingerprint density at radius 3 is 2.23 bits per heavy atom. The van der Waals surface area contributed by atoms with E-state index in [0.717, 1.165) is 11.3 Å². The van der Waals surface area contributed by atoms with E-state index < -0.39 is 0 Å². The molecule has 0 fully saturated rings. The fraction of sp³-hybridized carbons (Fsp3) is 0.250. The standard InChI is InChI=1S/C20H21ClN2O3/c1-13-12-17(21)6-9-19(13)23(15(3)25)11-10-20(26)22-18-7-4-16(5-8-18)14(2)24/h4-9,12H,10-11H2,1-3H3,(H,22,26). The lowest BCUT2D eigenvalue weighted by Crippen LogP contribution is -2.32. The van der Waals surface area contributed by atoms with E-state index in [1.807, 2.05) is 6.92 Å². The summed E-state index contributed by atoms with van der Waals surface area (Å²) in [4.78, 5) is 37.0. The molecule has 2 rings (SSSR count). The monoisotopic (exact) mass is 372 g/mol. The van der Waals surface area contributed by atoms with Crippen LogP contribution in [-0.4, -0.2) is 24.1 Å². The van der Waals surface area contributed by atoms with E-state index in [2.05, 4.69) is 5.32 Å². The van der Waals surface area contributed by atoms with Gasteiger partial charge in [0.25, 0.3) is 0 Å². The molecule has 5 nitrogen and oxygen atoms in total. The number of anilines is 2. The maximum absolute atomic E-state index is 12.2. The summed E-state index contributed by atoms with van der Waals surface area (Å²) in [6.45, 7) is 5.08. The predicted molar refractivity (Wildman–Crippen MR) is 104 cm³/mol. The van der Waals surface area contributed by atoms with Crippen molar-refractivity contribution in [3.05, 3.63) is 58.6 Å². The van der Waals surface area contributed by atoms with Crippen molar-refractivity contribution in [2.75, 3.05) is 16.8 Å². The van der Waals surface area contributed by atoms with Gasteiger partial charge in [0.15, 0.2) is 5.78 Å². The third-order valence-corrected chi connectivity index (χ3v) is 4.20. The highest BCUT2D eigenvalue weighted by Gasteiger charge is 2.15. The fourth-order valence-electron chi connectivity index (χ4n) is 2.59. The Bertz CT molecular complexity index is 831. The first kappa shape index (κ1) is 19.7. The number of amides is 2. The number of carbonyl (C=O) groups is 3. The molecule has 136 valence electrons. The summed E-state index contributed by atoms with van der Waals surface area (Å²) >= 11 is 5.96. The van der Waals surface area contributed by atoms with E-state index in [4.69, 9.17) is 11.6 Å². The van der Waals surface area contributed by atoms with Gasteiger partial charge in [-0.3, -0.25) is 14.4 Å². The summed E-state index contributed by atoms with van der Waals surface area (Å²) < 4.78 is 0. The molecule has 0 radical (unpaired) electrons. The number of benzene rings is 2. The Hall–Kier alpha value is -2.66. The van der Waals surface area contributed by atoms with E-state index in [0.29, 0.717) is 16.3 Å². The molecule has 0 atom stereocenters. The van der Waals surface area contributed by atoms with Crippen LogP contribution in [0.1, 0.15) is 36.2 Å². The Morgan fingerprint density at radius 2 is 1.69 bits per heavy atom. The second-order valence-corrected chi connectivity index (χ2v) is 6.47. The molecule has 0 aromatic heterocycles. The third kappa shape index (κ3) is 5.17. The van der Waals surface area contributed by atoms with E-state index >= 15 is 0 Å². The summed E-state index contributed by atoms with van der Waals surface area (Å²) in [5.41, 5.74) is 2.80. The molecule has 0 spiro atoms. The summed E-state index contributed by atoms with van der Waals surface area (Å²) in [7, 11) is 0. The van der Waals surface area contributed by atoms with E-state index in [9.17, 15) is 14.4 Å². The van der Waals surface area contributed by atoms with Gasteiger partial charge < -0.3 is 10.2 Å². The average Bonchev–Trinajstić information content (AvgIpc) is 2.57. The maximum Gasteiger partial charge on any atom is 0.226 e. The van der Waals surface area contributed by atoms with Crippen LogP contribution in [-0.2, 0) is 9.59 Å². The van der Waals surface area contributed by atoms with E-state index in [1.165, 1.54) is 13.8 Å². The molecule has 26 heavy (non-hydrogen) atoms. The molecular formula is C20H21ClN2O3. The summed E-state index contributed by atoms with van der Waals surface area (Å²) in [6.07, 6.45) is 0.149. The number of hydrogen-bond acceptors (Lipinski definition) is 3. The zero-order chi connectivity index (χ0) is 19.3. The molecule has 0 aliphatic heterocycles. The van der Waals surface area contributed by atoms with Crippen molar-refractivity contribution in [1.29, 1.82) is 0 Å². The van der Waals surface area contributed by atoms with Crippen molar-refractivity contribution in [2.24, 2.45) is 0 Å². The normalized spacial score (nSPS) is 10.3. The van der Waals surface area contributed by atoms with Gasteiger partial charge in [-0.1, -0.05) is 11.6 Å². The molecular weight excluding hydrogens is 352 g/mol. The van der Waals surface area contributed by atoms with Crippen LogP contribution in [0, 0.1) is 6.92 Å². The minimum atomic E-state index is -0.210. The molecule has 0 saturated carbocycles. The van der Waals surface area contributed by atoms with Gasteiger partial charge in [0, 0.05) is 41.9 Å². The van der Waals surface area contributed by atoms with Crippen LogP contribution in [0.2, 0.25) is 5.02 Å². The molecule has 1 N–H and O–H groups in total. The smallest absolute Gasteiger partial charge is 0.226 e. The van der Waals surface area contributed by atoms with Crippen LogP contribution in [0.4, 0.5) is 11.4 Å². The van der Waals surface area contributed by atoms with Gasteiger partial charge in [0.1, 0.15) is 0 Å². The van der Waals surface area contributed by atoms with Crippen molar-refractivity contribution in [3.63, 3.8) is 0 Å². The molecule has 0 aliphatic rings. The number of nitrogens with one attached hydrogen (secondary N) is 1. The highest BCUT2D eigenvalue weighted by atomic mass is 35.5. The van der Waals surface area contributed by atoms with Crippen LogP contribution in [0.5, 0.6) is 0 Å². The van der Waals surface area contributed by atoms with Gasteiger partial charge in [-0.05, 0) is 61.9 Å². The number of rotatable bonds is 6. The Balaban J connectivity index is 2.01. The lowest BCUT2D eigenvalue weighted by atomic mass is 10.1. The molecule has 0 heterocycles. The summed E-state index contributed by atoms with van der Waals surface area (Å²) in [5.74, 6) is -0.384. The predicted octanol–water partition coefficient (Wildman–Crippen LogP) is 4.23. The first-order chi connectivity index (χ1) is 12.3. The van der Waals surface area contributed by atoms with Crippen LogP contribution in [0.3, 0.4) is 0 Å². The molecule has 0 saturated heterocycles. The van der Waals surface area contributed by atoms with E-state index in [-0.39, 0.29) is 30.6 Å². The van der Waals surface area contributed by atoms with E-state index in [1.54, 1.807) is 47.4 Å². The first-order valence-corrected chi connectivity index (χ1v) is 8.61.